The Morgan fingerprint density at radius 2 is 1.93 bits per heavy atom. The zero-order valence-electron chi connectivity index (χ0n) is 15.7. The minimum absolute atomic E-state index is 0. The van der Waals surface area contributed by atoms with Crippen LogP contribution in [0.4, 0.5) is 5.82 Å². The summed E-state index contributed by atoms with van der Waals surface area (Å²) in [6.07, 6.45) is 3.30. The molecule has 3 aromatic rings. The van der Waals surface area contributed by atoms with E-state index < -0.39 is 5.41 Å². The zero-order chi connectivity index (χ0) is 19.8. The molecule has 0 atom stereocenters. The SMILES string of the molecule is O=C(Nc1ccc(-c2ccccc2CO)cn1)C1(c2ccc3c(c2)OCO3)CC1.[HH].[HH]. The van der Waals surface area contributed by atoms with Gasteiger partial charge in [-0.15, -0.1) is 0 Å². The van der Waals surface area contributed by atoms with Gasteiger partial charge < -0.3 is 19.9 Å². The fraction of sp³-hybridized carbons (Fsp3) is 0.217. The molecule has 1 aromatic heterocycles. The van der Waals surface area contributed by atoms with E-state index in [2.05, 4.69) is 10.3 Å². The fourth-order valence-electron chi connectivity index (χ4n) is 3.77. The third-order valence-corrected chi connectivity index (χ3v) is 5.61. The maximum Gasteiger partial charge on any atom is 0.236 e. The summed E-state index contributed by atoms with van der Waals surface area (Å²) in [5.41, 5.74) is 3.06. The van der Waals surface area contributed by atoms with Crippen LogP contribution in [0.2, 0.25) is 0 Å². The summed E-state index contributed by atoms with van der Waals surface area (Å²) in [5, 5.41) is 12.5. The van der Waals surface area contributed by atoms with Gasteiger partial charge in [-0.05, 0) is 53.8 Å². The number of hydrogen-bond acceptors (Lipinski definition) is 5. The van der Waals surface area contributed by atoms with E-state index in [1.165, 1.54) is 0 Å². The van der Waals surface area contributed by atoms with Crippen LogP contribution in [0.25, 0.3) is 11.1 Å². The van der Waals surface area contributed by atoms with Crippen LogP contribution >= 0.6 is 0 Å². The number of anilines is 1. The van der Waals surface area contributed by atoms with E-state index in [1.807, 2.05) is 48.5 Å². The third kappa shape index (κ3) is 3.11. The number of aliphatic hydroxyl groups is 1. The van der Waals surface area contributed by atoms with Gasteiger partial charge in [-0.1, -0.05) is 30.3 Å². The molecule has 0 saturated heterocycles. The fourth-order valence-corrected chi connectivity index (χ4v) is 3.77. The molecular weight excluding hydrogens is 368 g/mol. The van der Waals surface area contributed by atoms with Gasteiger partial charge in [-0.3, -0.25) is 4.79 Å². The maximum atomic E-state index is 13.0. The number of rotatable bonds is 5. The van der Waals surface area contributed by atoms with Crippen molar-refractivity contribution in [3.05, 3.63) is 71.9 Å². The Hall–Kier alpha value is -3.38. The number of nitrogens with one attached hydrogen (secondary N) is 1. The molecule has 6 heteroatoms. The first-order chi connectivity index (χ1) is 14.2. The molecule has 1 aliphatic heterocycles. The summed E-state index contributed by atoms with van der Waals surface area (Å²) in [7, 11) is 0. The third-order valence-electron chi connectivity index (χ3n) is 5.61. The molecule has 1 fully saturated rings. The van der Waals surface area contributed by atoms with E-state index in [4.69, 9.17) is 9.47 Å². The molecule has 2 heterocycles. The lowest BCUT2D eigenvalue weighted by molar-refractivity contribution is -0.118. The number of aliphatic hydroxyl groups excluding tert-OH is 1. The largest absolute Gasteiger partial charge is 0.454 e. The van der Waals surface area contributed by atoms with Crippen molar-refractivity contribution < 1.29 is 22.2 Å². The Morgan fingerprint density at radius 1 is 1.10 bits per heavy atom. The Morgan fingerprint density at radius 3 is 2.69 bits per heavy atom. The van der Waals surface area contributed by atoms with E-state index in [1.54, 1.807) is 12.3 Å². The second-order valence-corrected chi connectivity index (χ2v) is 7.35. The van der Waals surface area contributed by atoms with Crippen LogP contribution in [0.5, 0.6) is 11.5 Å². The molecule has 0 unspecified atom stereocenters. The Bertz CT molecular complexity index is 1090. The first kappa shape index (κ1) is 17.7. The van der Waals surface area contributed by atoms with Crippen molar-refractivity contribution >= 4 is 11.7 Å². The molecule has 6 nitrogen and oxygen atoms in total. The van der Waals surface area contributed by atoms with Crippen molar-refractivity contribution in [3.63, 3.8) is 0 Å². The van der Waals surface area contributed by atoms with Crippen molar-refractivity contribution in [1.29, 1.82) is 0 Å². The van der Waals surface area contributed by atoms with Crippen LogP contribution in [0.3, 0.4) is 0 Å². The van der Waals surface area contributed by atoms with Crippen molar-refractivity contribution in [2.45, 2.75) is 24.9 Å². The smallest absolute Gasteiger partial charge is 0.236 e. The molecule has 2 aromatic carbocycles. The molecule has 5 rings (SSSR count). The van der Waals surface area contributed by atoms with Gasteiger partial charge in [0.05, 0.1) is 12.0 Å². The van der Waals surface area contributed by atoms with E-state index in [0.29, 0.717) is 17.3 Å². The van der Waals surface area contributed by atoms with Crippen molar-refractivity contribution in [1.82, 2.24) is 4.98 Å². The molecule has 0 bridgehead atoms. The molecule has 29 heavy (non-hydrogen) atoms. The summed E-state index contributed by atoms with van der Waals surface area (Å²) in [4.78, 5) is 17.4. The van der Waals surface area contributed by atoms with Crippen LogP contribution in [-0.2, 0) is 16.8 Å². The number of benzene rings is 2. The van der Waals surface area contributed by atoms with Gasteiger partial charge >= 0.3 is 0 Å². The maximum absolute atomic E-state index is 13.0. The number of ether oxygens (including phenoxy) is 2. The zero-order valence-corrected chi connectivity index (χ0v) is 15.7. The van der Waals surface area contributed by atoms with Gasteiger partial charge in [0.2, 0.25) is 12.7 Å². The van der Waals surface area contributed by atoms with Crippen LogP contribution in [-0.4, -0.2) is 22.8 Å². The predicted octanol–water partition coefficient (Wildman–Crippen LogP) is 4.13. The molecular formula is C23H24N2O4. The highest BCUT2D eigenvalue weighted by Crippen LogP contribution is 2.51. The molecule has 1 saturated carbocycles. The minimum Gasteiger partial charge on any atom is -0.454 e. The lowest BCUT2D eigenvalue weighted by Gasteiger charge is -2.16. The lowest BCUT2D eigenvalue weighted by Crippen LogP contribution is -2.28. The molecule has 150 valence electrons. The van der Waals surface area contributed by atoms with E-state index in [0.717, 1.165) is 35.1 Å². The van der Waals surface area contributed by atoms with E-state index >= 15 is 0 Å². The van der Waals surface area contributed by atoms with Crippen LogP contribution in [0.15, 0.2) is 60.8 Å². The summed E-state index contributed by atoms with van der Waals surface area (Å²) < 4.78 is 10.8. The Balaban J connectivity index is 0.00000136. The van der Waals surface area contributed by atoms with E-state index in [9.17, 15) is 9.90 Å². The Kier molecular flexibility index (Phi) is 4.21. The predicted molar refractivity (Wildman–Crippen MR) is 112 cm³/mol. The number of carbonyl (C=O) groups excluding carboxylic acids is 1. The number of aromatic nitrogens is 1. The highest BCUT2D eigenvalue weighted by molar-refractivity contribution is 6.01. The highest BCUT2D eigenvalue weighted by atomic mass is 16.7. The van der Waals surface area contributed by atoms with Gasteiger partial charge in [0.15, 0.2) is 11.5 Å². The van der Waals surface area contributed by atoms with Gasteiger partial charge in [-0.2, -0.15) is 0 Å². The van der Waals surface area contributed by atoms with Crippen LogP contribution in [0, 0.1) is 0 Å². The number of nitrogens with zero attached hydrogens (tertiary/aromatic N) is 1. The Labute approximate surface area is 171 Å². The van der Waals surface area contributed by atoms with Gasteiger partial charge in [-0.25, -0.2) is 4.98 Å². The number of amides is 1. The molecule has 2 aliphatic rings. The lowest BCUT2D eigenvalue weighted by atomic mass is 9.94. The van der Waals surface area contributed by atoms with Crippen molar-refractivity contribution in [3.8, 4) is 22.6 Å². The average Bonchev–Trinajstić information content (AvgIpc) is 3.45. The molecule has 2 N–H and O–H groups in total. The second-order valence-electron chi connectivity index (χ2n) is 7.35. The van der Waals surface area contributed by atoms with Crippen LogP contribution in [0.1, 0.15) is 26.8 Å². The van der Waals surface area contributed by atoms with Gasteiger partial charge in [0.1, 0.15) is 5.82 Å². The average molecular weight is 392 g/mol. The number of carbonyl (C=O) groups is 1. The quantitative estimate of drug-likeness (QED) is 0.682. The number of pyridine rings is 1. The van der Waals surface area contributed by atoms with E-state index in [-0.39, 0.29) is 22.2 Å². The number of fused-ring (bicyclic) bond motifs is 1. The monoisotopic (exact) mass is 392 g/mol. The molecule has 1 amide bonds. The van der Waals surface area contributed by atoms with Crippen molar-refractivity contribution in [2.75, 3.05) is 12.1 Å². The summed E-state index contributed by atoms with van der Waals surface area (Å²) in [6, 6.07) is 17.0. The molecule has 0 radical (unpaired) electrons. The molecule has 1 aliphatic carbocycles. The first-order valence-corrected chi connectivity index (χ1v) is 9.56. The standard InChI is InChI=1S/C23H20N2O4.2H2/c26-13-16-3-1-2-4-18(16)15-5-8-21(24-12-15)25-22(27)23(9-10-23)17-6-7-19-20(11-17)29-14-28-19;;/h1-8,11-12,26H,9-10,13-14H2,(H,24,25,27);2*1H. The normalized spacial score (nSPS) is 15.8. The highest BCUT2D eigenvalue weighted by Gasteiger charge is 2.51. The summed E-state index contributed by atoms with van der Waals surface area (Å²) in [6.45, 7) is 0.181. The number of hydrogen-bond donors (Lipinski definition) is 2. The van der Waals surface area contributed by atoms with Gasteiger partial charge in [0, 0.05) is 14.6 Å². The second kappa shape index (κ2) is 6.90. The van der Waals surface area contributed by atoms with Gasteiger partial charge in [0.25, 0.3) is 0 Å². The topological polar surface area (TPSA) is 80.7 Å². The van der Waals surface area contributed by atoms with Crippen LogP contribution < -0.4 is 14.8 Å². The summed E-state index contributed by atoms with van der Waals surface area (Å²) >= 11 is 0. The minimum atomic E-state index is -0.537. The van der Waals surface area contributed by atoms with Crippen molar-refractivity contribution in [2.24, 2.45) is 0 Å². The molecule has 0 spiro atoms. The summed E-state index contributed by atoms with van der Waals surface area (Å²) in [5.74, 6) is 1.84. The first-order valence-electron chi connectivity index (χ1n) is 9.56.